The molecule has 0 aromatic rings. The van der Waals surface area contributed by atoms with Gasteiger partial charge in [-0.3, -0.25) is 9.59 Å². The third-order valence-corrected chi connectivity index (χ3v) is 1.32. The van der Waals surface area contributed by atoms with Gasteiger partial charge in [0.15, 0.2) is 5.78 Å². The summed E-state index contributed by atoms with van der Waals surface area (Å²) in [5.41, 5.74) is 0. The van der Waals surface area contributed by atoms with Crippen LogP contribution in [0.3, 0.4) is 0 Å². The maximum Gasteiger partial charge on any atom is 0.217 e. The molecule has 0 unspecified atom stereocenters. The van der Waals surface area contributed by atoms with E-state index in [0.717, 1.165) is 0 Å². The van der Waals surface area contributed by atoms with Gasteiger partial charge in [0.2, 0.25) is 5.91 Å². The van der Waals surface area contributed by atoms with Crippen LogP contribution < -0.4 is 5.32 Å². The summed E-state index contributed by atoms with van der Waals surface area (Å²) >= 11 is 0. The average molecular weight is 139 g/mol. The van der Waals surface area contributed by atoms with Crippen LogP contribution in [0.15, 0.2) is 12.2 Å². The quantitative estimate of drug-likeness (QED) is 0.556. The van der Waals surface area contributed by atoms with E-state index < -0.39 is 0 Å². The molecule has 1 N–H and O–H groups in total. The summed E-state index contributed by atoms with van der Waals surface area (Å²) in [6.07, 6.45) is 3.63. The van der Waals surface area contributed by atoms with Gasteiger partial charge in [0.1, 0.15) is 0 Å². The molecule has 0 aromatic heterocycles. The lowest BCUT2D eigenvalue weighted by molar-refractivity contribution is -0.119. The van der Waals surface area contributed by atoms with E-state index in [1.54, 1.807) is 6.08 Å². The number of amides is 1. The van der Waals surface area contributed by atoms with E-state index in [2.05, 4.69) is 5.32 Å². The van der Waals surface area contributed by atoms with Crippen LogP contribution in [-0.2, 0) is 9.59 Å². The first-order chi connectivity index (χ1) is 4.68. The van der Waals surface area contributed by atoms with E-state index in [9.17, 15) is 9.59 Å². The largest absolute Gasteiger partial charge is 0.350 e. The smallest absolute Gasteiger partial charge is 0.217 e. The molecule has 3 nitrogen and oxygen atoms in total. The van der Waals surface area contributed by atoms with E-state index in [1.807, 2.05) is 0 Å². The Kier molecular flexibility index (Phi) is 1.85. The summed E-state index contributed by atoms with van der Waals surface area (Å²) in [6.45, 7) is 1.44. The number of nitrogens with one attached hydrogen (secondary N) is 1. The number of rotatable bonds is 1. The SMILES string of the molecule is CC(=O)N[C@@H]1C=CC(=O)C1. The van der Waals surface area contributed by atoms with Gasteiger partial charge in [-0.25, -0.2) is 0 Å². The molecule has 0 heterocycles. The van der Waals surface area contributed by atoms with Crippen LogP contribution in [0.5, 0.6) is 0 Å². The number of hydrogen-bond acceptors (Lipinski definition) is 2. The van der Waals surface area contributed by atoms with Gasteiger partial charge in [0, 0.05) is 13.3 Å². The summed E-state index contributed by atoms with van der Waals surface area (Å²) in [4.78, 5) is 21.0. The molecule has 1 amide bonds. The predicted octanol–water partition coefficient (Wildman–Crippen LogP) is 0.0201. The second-order valence-electron chi connectivity index (χ2n) is 2.34. The second-order valence-corrected chi connectivity index (χ2v) is 2.34. The van der Waals surface area contributed by atoms with Crippen LogP contribution >= 0.6 is 0 Å². The average Bonchev–Trinajstić information content (AvgIpc) is 2.13. The Morgan fingerprint density at radius 2 is 2.50 bits per heavy atom. The fourth-order valence-electron chi connectivity index (χ4n) is 0.937. The summed E-state index contributed by atoms with van der Waals surface area (Å²) < 4.78 is 0. The highest BCUT2D eigenvalue weighted by atomic mass is 16.1. The Balaban J connectivity index is 2.40. The summed E-state index contributed by atoms with van der Waals surface area (Å²) in [5, 5.41) is 2.63. The summed E-state index contributed by atoms with van der Waals surface area (Å²) in [7, 11) is 0. The van der Waals surface area contributed by atoms with Crippen molar-refractivity contribution in [1.82, 2.24) is 5.32 Å². The molecule has 0 fully saturated rings. The molecule has 0 spiro atoms. The minimum absolute atomic E-state index is 0.0648. The molecule has 0 aliphatic heterocycles. The molecular formula is C7H9NO2. The Bertz CT molecular complexity index is 196. The molecule has 1 atom stereocenters. The van der Waals surface area contributed by atoms with Gasteiger partial charge in [-0.1, -0.05) is 6.08 Å². The highest BCUT2D eigenvalue weighted by Gasteiger charge is 2.15. The lowest BCUT2D eigenvalue weighted by Crippen LogP contribution is -2.30. The van der Waals surface area contributed by atoms with Crippen LogP contribution in [0.4, 0.5) is 0 Å². The van der Waals surface area contributed by atoms with Gasteiger partial charge in [0.05, 0.1) is 6.04 Å². The molecule has 0 radical (unpaired) electrons. The number of hydrogen-bond donors (Lipinski definition) is 1. The number of ketones is 1. The number of carbonyl (C=O) groups excluding carboxylic acids is 2. The van der Waals surface area contributed by atoms with Crippen molar-refractivity contribution in [3.63, 3.8) is 0 Å². The van der Waals surface area contributed by atoms with Gasteiger partial charge < -0.3 is 5.32 Å². The van der Waals surface area contributed by atoms with Crippen LogP contribution in [0.2, 0.25) is 0 Å². The fraction of sp³-hybridized carbons (Fsp3) is 0.429. The Morgan fingerprint density at radius 1 is 1.80 bits per heavy atom. The highest BCUT2D eigenvalue weighted by Crippen LogP contribution is 2.04. The molecule has 0 bridgehead atoms. The van der Waals surface area contributed by atoms with Crippen LogP contribution in [0.1, 0.15) is 13.3 Å². The van der Waals surface area contributed by atoms with Crippen molar-refractivity contribution in [3.8, 4) is 0 Å². The van der Waals surface area contributed by atoms with Crippen LogP contribution in [-0.4, -0.2) is 17.7 Å². The molecule has 0 aromatic carbocycles. The molecule has 10 heavy (non-hydrogen) atoms. The van der Waals surface area contributed by atoms with Crippen molar-refractivity contribution in [3.05, 3.63) is 12.2 Å². The molecule has 0 saturated carbocycles. The molecule has 1 rings (SSSR count). The minimum Gasteiger partial charge on any atom is -0.350 e. The Labute approximate surface area is 59.1 Å². The van der Waals surface area contributed by atoms with E-state index in [0.29, 0.717) is 6.42 Å². The third kappa shape index (κ3) is 1.69. The Morgan fingerprint density at radius 3 is 2.90 bits per heavy atom. The highest BCUT2D eigenvalue weighted by molar-refractivity contribution is 5.93. The predicted molar refractivity (Wildman–Crippen MR) is 36.4 cm³/mol. The first kappa shape index (κ1) is 6.99. The summed E-state index contributed by atoms with van der Waals surface area (Å²) in [6, 6.07) is -0.0648. The van der Waals surface area contributed by atoms with Crippen molar-refractivity contribution < 1.29 is 9.59 Å². The first-order valence-corrected chi connectivity index (χ1v) is 3.16. The van der Waals surface area contributed by atoms with Gasteiger partial charge in [-0.05, 0) is 6.08 Å². The topological polar surface area (TPSA) is 46.2 Å². The number of allylic oxidation sites excluding steroid dienone is 1. The van der Waals surface area contributed by atoms with Gasteiger partial charge in [0.25, 0.3) is 0 Å². The molecule has 1 aliphatic rings. The van der Waals surface area contributed by atoms with Crippen LogP contribution in [0, 0.1) is 0 Å². The van der Waals surface area contributed by atoms with E-state index >= 15 is 0 Å². The van der Waals surface area contributed by atoms with Gasteiger partial charge in [-0.15, -0.1) is 0 Å². The van der Waals surface area contributed by atoms with Crippen molar-refractivity contribution >= 4 is 11.7 Å². The molecule has 54 valence electrons. The zero-order valence-electron chi connectivity index (χ0n) is 5.76. The van der Waals surface area contributed by atoms with E-state index in [-0.39, 0.29) is 17.7 Å². The Hall–Kier alpha value is -1.12. The van der Waals surface area contributed by atoms with Gasteiger partial charge in [-0.2, -0.15) is 0 Å². The molecule has 3 heteroatoms. The fourth-order valence-corrected chi connectivity index (χ4v) is 0.937. The maximum atomic E-state index is 10.6. The van der Waals surface area contributed by atoms with E-state index in [4.69, 9.17) is 0 Å². The standard InChI is InChI=1S/C7H9NO2/c1-5(9)8-6-2-3-7(10)4-6/h2-3,6H,4H2,1H3,(H,8,9)/t6-/m1/s1. The van der Waals surface area contributed by atoms with Crippen LogP contribution in [0.25, 0.3) is 0 Å². The molecule has 1 aliphatic carbocycles. The maximum absolute atomic E-state index is 10.6. The normalized spacial score (nSPS) is 23.3. The number of carbonyl (C=O) groups is 2. The molecular weight excluding hydrogens is 130 g/mol. The monoisotopic (exact) mass is 139 g/mol. The van der Waals surface area contributed by atoms with Crippen molar-refractivity contribution in [2.24, 2.45) is 0 Å². The lowest BCUT2D eigenvalue weighted by Gasteiger charge is -2.05. The third-order valence-electron chi connectivity index (χ3n) is 1.32. The van der Waals surface area contributed by atoms with Crippen molar-refractivity contribution in [2.45, 2.75) is 19.4 Å². The van der Waals surface area contributed by atoms with E-state index in [1.165, 1.54) is 13.0 Å². The van der Waals surface area contributed by atoms with Crippen molar-refractivity contribution in [2.75, 3.05) is 0 Å². The lowest BCUT2D eigenvalue weighted by atomic mass is 10.2. The second kappa shape index (κ2) is 2.64. The molecule has 0 saturated heterocycles. The zero-order chi connectivity index (χ0) is 7.56. The zero-order valence-corrected chi connectivity index (χ0v) is 5.76. The van der Waals surface area contributed by atoms with Crippen molar-refractivity contribution in [1.29, 1.82) is 0 Å². The first-order valence-electron chi connectivity index (χ1n) is 3.16. The van der Waals surface area contributed by atoms with Gasteiger partial charge >= 0.3 is 0 Å². The summed E-state index contributed by atoms with van der Waals surface area (Å²) in [5.74, 6) is -0.0110. The minimum atomic E-state index is -0.0932.